The zero-order valence-corrected chi connectivity index (χ0v) is 11.2. The highest BCUT2D eigenvalue weighted by atomic mass is 35.5. The van der Waals surface area contributed by atoms with Crippen molar-refractivity contribution in [3.05, 3.63) is 29.3 Å². The van der Waals surface area contributed by atoms with Crippen molar-refractivity contribution >= 4 is 40.7 Å². The molecule has 0 aromatic heterocycles. The van der Waals surface area contributed by atoms with Gasteiger partial charge in [-0.05, 0) is 18.2 Å². The number of halogens is 2. The molecule has 1 aromatic carbocycles. The molecule has 2 atom stereocenters. The van der Waals surface area contributed by atoms with Crippen LogP contribution in [0.5, 0.6) is 0 Å². The van der Waals surface area contributed by atoms with Crippen molar-refractivity contribution in [2.24, 2.45) is 10.2 Å². The third kappa shape index (κ3) is 1.93. The van der Waals surface area contributed by atoms with Gasteiger partial charge in [-0.2, -0.15) is 10.2 Å². The number of rotatable bonds is 1. The number of amides is 2. The van der Waals surface area contributed by atoms with Crippen LogP contribution in [0.25, 0.3) is 0 Å². The van der Waals surface area contributed by atoms with Gasteiger partial charge in [-0.25, -0.2) is 4.90 Å². The summed E-state index contributed by atoms with van der Waals surface area (Å²) in [5.74, 6) is -0.691. The summed E-state index contributed by atoms with van der Waals surface area (Å²) < 4.78 is 0. The lowest BCUT2D eigenvalue weighted by atomic mass is 9.95. The minimum absolute atomic E-state index is 0.00503. The SMILES string of the molecule is O=C1C[C@]2(C[C@@H](Cl)N=N2)C(=O)N1c1cccc(Cl)c1. The van der Waals surface area contributed by atoms with Crippen molar-refractivity contribution in [2.75, 3.05) is 4.90 Å². The molecule has 0 unspecified atom stereocenters. The number of alkyl halides is 1. The average molecular weight is 298 g/mol. The molecule has 1 fully saturated rings. The molecule has 19 heavy (non-hydrogen) atoms. The summed E-state index contributed by atoms with van der Waals surface area (Å²) in [6.07, 6.45) is 0.265. The second kappa shape index (κ2) is 4.28. The van der Waals surface area contributed by atoms with Gasteiger partial charge in [0.25, 0.3) is 5.91 Å². The van der Waals surface area contributed by atoms with E-state index in [9.17, 15) is 9.59 Å². The Balaban J connectivity index is 1.99. The fraction of sp³-hybridized carbons (Fsp3) is 0.333. The third-order valence-electron chi connectivity index (χ3n) is 3.24. The summed E-state index contributed by atoms with van der Waals surface area (Å²) in [6, 6.07) is 6.59. The van der Waals surface area contributed by atoms with Gasteiger partial charge in [0.2, 0.25) is 5.91 Å². The number of carbonyl (C=O) groups is 2. The standard InChI is InChI=1S/C12H9Cl2N3O2/c13-7-2-1-3-8(4-7)17-10(18)6-12(11(17)19)5-9(14)15-16-12/h1-4,9H,5-6H2/t9-,12+/m0/s1. The van der Waals surface area contributed by atoms with E-state index in [1.54, 1.807) is 24.3 Å². The zero-order valence-electron chi connectivity index (χ0n) is 9.72. The Kier molecular flexibility index (Phi) is 2.83. The van der Waals surface area contributed by atoms with Crippen LogP contribution >= 0.6 is 23.2 Å². The normalized spacial score (nSPS) is 29.8. The minimum Gasteiger partial charge on any atom is -0.274 e. The smallest absolute Gasteiger partial charge is 0.264 e. The van der Waals surface area contributed by atoms with Crippen LogP contribution in [0.2, 0.25) is 5.02 Å². The Bertz CT molecular complexity index is 604. The van der Waals surface area contributed by atoms with Crippen LogP contribution < -0.4 is 4.90 Å². The van der Waals surface area contributed by atoms with Gasteiger partial charge in [-0.3, -0.25) is 9.59 Å². The fourth-order valence-electron chi connectivity index (χ4n) is 2.37. The molecule has 3 rings (SSSR count). The highest BCUT2D eigenvalue weighted by Crippen LogP contribution is 2.41. The average Bonchev–Trinajstić information content (AvgIpc) is 2.82. The van der Waals surface area contributed by atoms with Gasteiger partial charge in [-0.1, -0.05) is 29.3 Å². The predicted octanol–water partition coefficient (Wildman–Crippen LogP) is 2.76. The molecular formula is C12H9Cl2N3O2. The molecule has 7 heteroatoms. The van der Waals surface area contributed by atoms with Crippen molar-refractivity contribution in [1.82, 2.24) is 0 Å². The van der Waals surface area contributed by atoms with Gasteiger partial charge in [0.1, 0.15) is 5.50 Å². The van der Waals surface area contributed by atoms with Crippen LogP contribution in [0, 0.1) is 0 Å². The van der Waals surface area contributed by atoms with E-state index in [1.165, 1.54) is 0 Å². The Morgan fingerprint density at radius 2 is 2.16 bits per heavy atom. The van der Waals surface area contributed by atoms with E-state index in [0.717, 1.165) is 4.90 Å². The molecule has 5 nitrogen and oxygen atoms in total. The molecule has 98 valence electrons. The molecule has 0 N–H and O–H groups in total. The minimum atomic E-state index is -1.12. The van der Waals surface area contributed by atoms with Gasteiger partial charge in [0.05, 0.1) is 12.1 Å². The lowest BCUT2D eigenvalue weighted by molar-refractivity contribution is -0.122. The first-order valence-corrected chi connectivity index (χ1v) is 6.52. The quantitative estimate of drug-likeness (QED) is 0.454. The number of anilines is 1. The molecule has 0 radical (unpaired) electrons. The zero-order chi connectivity index (χ0) is 13.6. The summed E-state index contributed by atoms with van der Waals surface area (Å²) in [5, 5.41) is 8.15. The number of imide groups is 1. The van der Waals surface area contributed by atoms with Gasteiger partial charge < -0.3 is 0 Å². The molecule has 1 aromatic rings. The van der Waals surface area contributed by atoms with Gasteiger partial charge in [0.15, 0.2) is 5.54 Å². The van der Waals surface area contributed by atoms with Gasteiger partial charge >= 0.3 is 0 Å². The second-order valence-corrected chi connectivity index (χ2v) is 5.52. The number of nitrogens with zero attached hydrogens (tertiary/aromatic N) is 3. The number of benzene rings is 1. The molecular weight excluding hydrogens is 289 g/mol. The summed E-state index contributed by atoms with van der Waals surface area (Å²) in [5.41, 5.74) is -1.21. The van der Waals surface area contributed by atoms with E-state index < -0.39 is 11.0 Å². The van der Waals surface area contributed by atoms with Crippen molar-refractivity contribution in [3.63, 3.8) is 0 Å². The Labute approximate surface area is 119 Å². The van der Waals surface area contributed by atoms with Crippen LogP contribution in [0.4, 0.5) is 5.69 Å². The topological polar surface area (TPSA) is 62.1 Å². The number of azo groups is 1. The maximum Gasteiger partial charge on any atom is 0.264 e. The Hall–Kier alpha value is -1.46. The van der Waals surface area contributed by atoms with E-state index in [4.69, 9.17) is 23.2 Å². The molecule has 0 bridgehead atoms. The monoisotopic (exact) mass is 297 g/mol. The van der Waals surface area contributed by atoms with Crippen LogP contribution in [-0.4, -0.2) is 22.9 Å². The summed E-state index contributed by atoms with van der Waals surface area (Å²) in [7, 11) is 0. The molecule has 0 saturated carbocycles. The van der Waals surface area contributed by atoms with Gasteiger partial charge in [-0.15, -0.1) is 0 Å². The highest BCUT2D eigenvalue weighted by molar-refractivity contribution is 6.31. The number of hydrogen-bond donors (Lipinski definition) is 0. The van der Waals surface area contributed by atoms with Crippen molar-refractivity contribution < 1.29 is 9.59 Å². The molecule has 2 aliphatic heterocycles. The molecule has 2 heterocycles. The second-order valence-electron chi connectivity index (χ2n) is 4.58. The molecule has 1 spiro atoms. The van der Waals surface area contributed by atoms with Crippen LogP contribution in [-0.2, 0) is 9.59 Å². The first-order valence-electron chi connectivity index (χ1n) is 5.71. The summed E-state index contributed by atoms with van der Waals surface area (Å²) in [4.78, 5) is 25.6. The summed E-state index contributed by atoms with van der Waals surface area (Å²) in [6.45, 7) is 0. The Morgan fingerprint density at radius 1 is 1.37 bits per heavy atom. The first kappa shape index (κ1) is 12.6. The predicted molar refractivity (Wildman–Crippen MR) is 70.4 cm³/mol. The van der Waals surface area contributed by atoms with E-state index in [0.29, 0.717) is 10.7 Å². The fourth-order valence-corrected chi connectivity index (χ4v) is 2.86. The van der Waals surface area contributed by atoms with Crippen LogP contribution in [0.1, 0.15) is 12.8 Å². The van der Waals surface area contributed by atoms with E-state index >= 15 is 0 Å². The molecule has 2 amide bonds. The van der Waals surface area contributed by atoms with Crippen molar-refractivity contribution in [3.8, 4) is 0 Å². The van der Waals surface area contributed by atoms with E-state index in [2.05, 4.69) is 10.2 Å². The molecule has 2 aliphatic rings. The third-order valence-corrected chi connectivity index (χ3v) is 3.72. The Morgan fingerprint density at radius 3 is 2.79 bits per heavy atom. The maximum atomic E-state index is 12.4. The molecule has 1 saturated heterocycles. The lowest BCUT2D eigenvalue weighted by Crippen LogP contribution is -2.38. The highest BCUT2D eigenvalue weighted by Gasteiger charge is 2.56. The van der Waals surface area contributed by atoms with E-state index in [-0.39, 0.29) is 24.7 Å². The van der Waals surface area contributed by atoms with Crippen LogP contribution in [0.3, 0.4) is 0 Å². The summed E-state index contributed by atoms with van der Waals surface area (Å²) >= 11 is 11.7. The van der Waals surface area contributed by atoms with Crippen molar-refractivity contribution in [2.45, 2.75) is 23.9 Å². The maximum absolute atomic E-state index is 12.4. The molecule has 0 aliphatic carbocycles. The van der Waals surface area contributed by atoms with E-state index in [1.807, 2.05) is 0 Å². The number of hydrogen-bond acceptors (Lipinski definition) is 4. The van der Waals surface area contributed by atoms with Crippen molar-refractivity contribution in [1.29, 1.82) is 0 Å². The largest absolute Gasteiger partial charge is 0.274 e. The lowest BCUT2D eigenvalue weighted by Gasteiger charge is -2.18. The first-order chi connectivity index (χ1) is 9.02. The van der Waals surface area contributed by atoms with Gasteiger partial charge in [0, 0.05) is 11.4 Å². The number of carbonyl (C=O) groups excluding carboxylic acids is 2. The van der Waals surface area contributed by atoms with Crippen LogP contribution in [0.15, 0.2) is 34.5 Å².